The van der Waals surface area contributed by atoms with Crippen LogP contribution in [0.5, 0.6) is 0 Å². The summed E-state index contributed by atoms with van der Waals surface area (Å²) < 4.78 is 16.0. The summed E-state index contributed by atoms with van der Waals surface area (Å²) in [4.78, 5) is 13.3. The maximum Gasteiger partial charge on any atom is 0.151 e. The number of fused-ring (bicyclic) bond motifs is 1. The van der Waals surface area contributed by atoms with Gasteiger partial charge in [0.25, 0.3) is 0 Å². The molecule has 0 bridgehead atoms. The average molecular weight is 354 g/mol. The van der Waals surface area contributed by atoms with E-state index in [9.17, 15) is 4.39 Å². The highest BCUT2D eigenvalue weighted by Gasteiger charge is 2.23. The molecule has 2 aliphatic rings. The summed E-state index contributed by atoms with van der Waals surface area (Å²) in [6, 6.07) is 4.96. The highest BCUT2D eigenvalue weighted by molar-refractivity contribution is 5.99. The van der Waals surface area contributed by atoms with Crippen LogP contribution in [0, 0.1) is 5.82 Å². The average Bonchev–Trinajstić information content (AvgIpc) is 3.03. The first-order valence-electron chi connectivity index (χ1n) is 8.88. The smallest absolute Gasteiger partial charge is 0.151 e. The molecule has 0 aliphatic carbocycles. The molecular weight excluding hydrogens is 331 g/mol. The molecule has 6 nitrogen and oxygen atoms in total. The third kappa shape index (κ3) is 3.14. The van der Waals surface area contributed by atoms with Crippen LogP contribution in [-0.4, -0.2) is 56.6 Å². The van der Waals surface area contributed by atoms with Crippen molar-refractivity contribution in [1.82, 2.24) is 24.6 Å². The normalized spacial score (nSPS) is 20.6. The highest BCUT2D eigenvalue weighted by atomic mass is 19.1. The highest BCUT2D eigenvalue weighted by Crippen LogP contribution is 2.23. The Morgan fingerprint density at radius 2 is 2.15 bits per heavy atom. The first-order valence-corrected chi connectivity index (χ1v) is 8.88. The number of aliphatic imine (C=N–C) groups is 1. The Morgan fingerprint density at radius 3 is 2.96 bits per heavy atom. The second kappa shape index (κ2) is 6.64. The van der Waals surface area contributed by atoms with Gasteiger partial charge in [0.2, 0.25) is 0 Å². The minimum atomic E-state index is -0.337. The Balaban J connectivity index is 1.51. The zero-order chi connectivity index (χ0) is 18.3. The lowest BCUT2D eigenvalue weighted by molar-refractivity contribution is 0.229. The van der Waals surface area contributed by atoms with Crippen molar-refractivity contribution in [2.45, 2.75) is 33.1 Å². The number of aromatic nitrogens is 3. The maximum atomic E-state index is 14.0. The summed E-state index contributed by atoms with van der Waals surface area (Å²) in [7, 11) is 2.06. The molecule has 0 N–H and O–H groups in total. The SMILES string of the molecule is CC1=NC(C)N(C)C=C1CN1CCn2nc(-c3ncccc3F)cc2C1. The van der Waals surface area contributed by atoms with Crippen molar-refractivity contribution in [1.29, 1.82) is 0 Å². The molecule has 2 aromatic rings. The van der Waals surface area contributed by atoms with Crippen molar-refractivity contribution in [2.24, 2.45) is 4.99 Å². The maximum absolute atomic E-state index is 14.0. The standard InChI is InChI=1S/C19H23FN6/c1-13-15(10-24(3)14(2)22-13)11-25-7-8-26-16(12-25)9-18(23-26)19-17(20)5-4-6-21-19/h4-6,9-10,14H,7-8,11-12H2,1-3H3. The molecule has 1 atom stereocenters. The van der Waals surface area contributed by atoms with E-state index in [1.807, 2.05) is 10.7 Å². The van der Waals surface area contributed by atoms with Crippen LogP contribution < -0.4 is 0 Å². The topological polar surface area (TPSA) is 49.5 Å². The van der Waals surface area contributed by atoms with Crippen LogP contribution in [0.4, 0.5) is 4.39 Å². The second-order valence-corrected chi connectivity index (χ2v) is 6.95. The lowest BCUT2D eigenvalue weighted by atomic mass is 10.1. The molecule has 0 saturated heterocycles. The molecule has 1 unspecified atom stereocenters. The quantitative estimate of drug-likeness (QED) is 0.850. The summed E-state index contributed by atoms with van der Waals surface area (Å²) in [5, 5.41) is 4.54. The fraction of sp³-hybridized carbons (Fsp3) is 0.421. The summed E-state index contributed by atoms with van der Waals surface area (Å²) in [5.74, 6) is -0.337. The van der Waals surface area contributed by atoms with E-state index in [2.05, 4.69) is 52.0 Å². The van der Waals surface area contributed by atoms with Crippen molar-refractivity contribution >= 4 is 5.71 Å². The molecule has 0 radical (unpaired) electrons. The fourth-order valence-electron chi connectivity index (χ4n) is 3.44. The van der Waals surface area contributed by atoms with E-state index in [1.165, 1.54) is 11.6 Å². The van der Waals surface area contributed by atoms with Gasteiger partial charge in [0.05, 0.1) is 12.2 Å². The van der Waals surface area contributed by atoms with Crippen LogP contribution in [0.2, 0.25) is 0 Å². The Kier molecular flexibility index (Phi) is 4.32. The van der Waals surface area contributed by atoms with Gasteiger partial charge >= 0.3 is 0 Å². The summed E-state index contributed by atoms with van der Waals surface area (Å²) in [6.07, 6.45) is 3.98. The molecule has 0 amide bonds. The third-order valence-corrected chi connectivity index (χ3v) is 5.07. The Bertz CT molecular complexity index is 884. The van der Waals surface area contributed by atoms with Crippen molar-refractivity contribution in [2.75, 3.05) is 20.1 Å². The lowest BCUT2D eigenvalue weighted by Gasteiger charge is -2.32. The number of pyridine rings is 1. The largest absolute Gasteiger partial charge is 0.359 e. The van der Waals surface area contributed by atoms with Gasteiger partial charge < -0.3 is 4.90 Å². The molecule has 7 heteroatoms. The van der Waals surface area contributed by atoms with E-state index in [0.717, 1.165) is 37.6 Å². The Labute approximate surface area is 152 Å². The van der Waals surface area contributed by atoms with E-state index < -0.39 is 0 Å². The number of hydrogen-bond acceptors (Lipinski definition) is 5. The molecular formula is C19H23FN6. The molecule has 0 spiro atoms. The van der Waals surface area contributed by atoms with Gasteiger partial charge in [-0.25, -0.2) is 4.39 Å². The van der Waals surface area contributed by atoms with Crippen molar-refractivity contribution in [3.8, 4) is 11.4 Å². The second-order valence-electron chi connectivity index (χ2n) is 6.95. The summed E-state index contributed by atoms with van der Waals surface area (Å²) in [5.41, 5.74) is 4.35. The van der Waals surface area contributed by atoms with Gasteiger partial charge in [-0.3, -0.25) is 19.6 Å². The van der Waals surface area contributed by atoms with Crippen LogP contribution >= 0.6 is 0 Å². The molecule has 4 rings (SSSR count). The number of halogens is 1. The van der Waals surface area contributed by atoms with Crippen molar-refractivity contribution in [3.05, 3.63) is 47.7 Å². The van der Waals surface area contributed by atoms with Crippen LogP contribution in [0.25, 0.3) is 11.4 Å². The van der Waals surface area contributed by atoms with Gasteiger partial charge in [-0.15, -0.1) is 0 Å². The zero-order valence-electron chi connectivity index (χ0n) is 15.4. The summed E-state index contributed by atoms with van der Waals surface area (Å²) >= 11 is 0. The predicted octanol–water partition coefficient (Wildman–Crippen LogP) is 2.54. The molecule has 0 fully saturated rings. The molecule has 4 heterocycles. The van der Waals surface area contributed by atoms with Crippen LogP contribution in [0.3, 0.4) is 0 Å². The first kappa shape index (κ1) is 16.9. The number of nitrogens with zero attached hydrogens (tertiary/aromatic N) is 6. The van der Waals surface area contributed by atoms with Crippen molar-refractivity contribution < 1.29 is 4.39 Å². The molecule has 2 aromatic heterocycles. The van der Waals surface area contributed by atoms with E-state index in [4.69, 9.17) is 0 Å². The molecule has 26 heavy (non-hydrogen) atoms. The van der Waals surface area contributed by atoms with E-state index in [-0.39, 0.29) is 12.0 Å². The molecule has 0 aromatic carbocycles. The van der Waals surface area contributed by atoms with Crippen LogP contribution in [0.1, 0.15) is 19.5 Å². The van der Waals surface area contributed by atoms with Gasteiger partial charge in [0, 0.05) is 50.4 Å². The lowest BCUT2D eigenvalue weighted by Crippen LogP contribution is -2.38. The van der Waals surface area contributed by atoms with Gasteiger partial charge in [-0.05, 0) is 32.0 Å². The predicted molar refractivity (Wildman–Crippen MR) is 99.1 cm³/mol. The van der Waals surface area contributed by atoms with E-state index in [1.54, 1.807) is 12.3 Å². The van der Waals surface area contributed by atoms with E-state index in [0.29, 0.717) is 11.4 Å². The van der Waals surface area contributed by atoms with E-state index >= 15 is 0 Å². The first-order chi connectivity index (χ1) is 12.5. The molecule has 136 valence electrons. The zero-order valence-corrected chi connectivity index (χ0v) is 15.4. The number of hydrogen-bond donors (Lipinski definition) is 0. The Morgan fingerprint density at radius 1 is 1.31 bits per heavy atom. The third-order valence-electron chi connectivity index (χ3n) is 5.07. The minimum absolute atomic E-state index is 0.192. The fourth-order valence-corrected chi connectivity index (χ4v) is 3.44. The van der Waals surface area contributed by atoms with Crippen LogP contribution in [-0.2, 0) is 13.1 Å². The van der Waals surface area contributed by atoms with Crippen LogP contribution in [0.15, 0.2) is 41.2 Å². The van der Waals surface area contributed by atoms with Gasteiger partial charge in [0.15, 0.2) is 5.82 Å². The minimum Gasteiger partial charge on any atom is -0.359 e. The van der Waals surface area contributed by atoms with Crippen molar-refractivity contribution in [3.63, 3.8) is 0 Å². The Hall–Kier alpha value is -2.54. The number of rotatable bonds is 3. The summed E-state index contributed by atoms with van der Waals surface area (Å²) in [6.45, 7) is 7.50. The van der Waals surface area contributed by atoms with Gasteiger partial charge in [0.1, 0.15) is 17.6 Å². The monoisotopic (exact) mass is 354 g/mol. The molecule has 0 saturated carbocycles. The molecule has 2 aliphatic heterocycles. The van der Waals surface area contributed by atoms with Gasteiger partial charge in [-0.1, -0.05) is 0 Å². The van der Waals surface area contributed by atoms with Gasteiger partial charge in [-0.2, -0.15) is 5.10 Å².